The van der Waals surface area contributed by atoms with Gasteiger partial charge in [0.05, 0.1) is 12.2 Å². The van der Waals surface area contributed by atoms with Gasteiger partial charge in [-0.15, -0.1) is 12.4 Å². The molecule has 3 heterocycles. The Morgan fingerprint density at radius 3 is 2.73 bits per heavy atom. The van der Waals surface area contributed by atoms with Crippen molar-refractivity contribution in [1.82, 2.24) is 4.90 Å². The molecule has 2 N–H and O–H groups in total. The summed E-state index contributed by atoms with van der Waals surface area (Å²) in [4.78, 5) is 2.40. The molecule has 1 saturated heterocycles. The highest BCUT2D eigenvalue weighted by Gasteiger charge is 2.48. The Hall–Kier alpha value is -1.27. The van der Waals surface area contributed by atoms with Gasteiger partial charge in [-0.3, -0.25) is 4.90 Å². The maximum atomic E-state index is 10.5. The third-order valence-electron chi connectivity index (χ3n) is 5.27. The van der Waals surface area contributed by atoms with Crippen LogP contribution in [0.1, 0.15) is 23.5 Å². The van der Waals surface area contributed by atoms with Crippen LogP contribution in [0.3, 0.4) is 0 Å². The van der Waals surface area contributed by atoms with Crippen molar-refractivity contribution in [2.75, 3.05) is 13.3 Å². The molecule has 3 aliphatic heterocycles. The lowest BCUT2D eigenvalue weighted by molar-refractivity contribution is -0.00157. The average molecular weight is 324 g/mol. The number of nitrogens with zero attached hydrogens (tertiary/aromatic N) is 1. The standard InChI is InChI=1S/C16H17NO4.ClH/c18-11-3-8-1-2-17-6-9-4-12-13(21-7-20-12)5-10(9)14(15(8)17)16(11)19;/h3-5,11,14-16,18-19H,1-2,6-7H2;1H/t11?,14-,15+,16?;/m0./s1. The van der Waals surface area contributed by atoms with Crippen LogP contribution in [0.4, 0.5) is 0 Å². The molecular formula is C16H18ClNO4. The monoisotopic (exact) mass is 323 g/mol. The number of benzene rings is 1. The van der Waals surface area contributed by atoms with Crippen molar-refractivity contribution in [1.29, 1.82) is 0 Å². The summed E-state index contributed by atoms with van der Waals surface area (Å²) in [5.74, 6) is 1.45. The zero-order valence-electron chi connectivity index (χ0n) is 11.9. The summed E-state index contributed by atoms with van der Waals surface area (Å²) in [7, 11) is 0. The maximum Gasteiger partial charge on any atom is 0.231 e. The minimum atomic E-state index is -0.780. The minimum absolute atomic E-state index is 0. The lowest BCUT2D eigenvalue weighted by Gasteiger charge is -2.44. The van der Waals surface area contributed by atoms with E-state index in [9.17, 15) is 10.2 Å². The summed E-state index contributed by atoms with van der Waals surface area (Å²) < 4.78 is 10.9. The molecule has 2 unspecified atom stereocenters. The van der Waals surface area contributed by atoms with Crippen molar-refractivity contribution < 1.29 is 19.7 Å². The second-order valence-corrected chi connectivity index (χ2v) is 6.32. The molecule has 1 fully saturated rings. The van der Waals surface area contributed by atoms with Gasteiger partial charge in [0.15, 0.2) is 11.5 Å². The third kappa shape index (κ3) is 1.77. The Bertz CT molecular complexity index is 662. The van der Waals surface area contributed by atoms with Crippen LogP contribution in [-0.4, -0.2) is 46.7 Å². The minimum Gasteiger partial charge on any atom is -0.454 e. The van der Waals surface area contributed by atoms with Crippen LogP contribution in [0.25, 0.3) is 0 Å². The van der Waals surface area contributed by atoms with E-state index in [4.69, 9.17) is 9.47 Å². The van der Waals surface area contributed by atoms with Crippen LogP contribution in [0.15, 0.2) is 23.8 Å². The highest BCUT2D eigenvalue weighted by atomic mass is 35.5. The summed E-state index contributed by atoms with van der Waals surface area (Å²) in [6.07, 6.45) is 1.28. The molecule has 0 aromatic heterocycles. The average Bonchev–Trinajstić information content (AvgIpc) is 3.08. The van der Waals surface area contributed by atoms with E-state index in [1.54, 1.807) is 0 Å². The summed E-state index contributed by atoms with van der Waals surface area (Å²) in [6.45, 7) is 2.11. The van der Waals surface area contributed by atoms with Gasteiger partial charge in [-0.25, -0.2) is 0 Å². The van der Waals surface area contributed by atoms with E-state index in [0.29, 0.717) is 0 Å². The molecule has 1 aromatic rings. The highest BCUT2D eigenvalue weighted by molar-refractivity contribution is 5.85. The van der Waals surface area contributed by atoms with Gasteiger partial charge >= 0.3 is 0 Å². The zero-order chi connectivity index (χ0) is 14.1. The van der Waals surface area contributed by atoms with Crippen LogP contribution in [0.2, 0.25) is 0 Å². The van der Waals surface area contributed by atoms with Gasteiger partial charge in [0.25, 0.3) is 0 Å². The fourth-order valence-electron chi connectivity index (χ4n) is 4.35. The van der Waals surface area contributed by atoms with Crippen LogP contribution < -0.4 is 9.47 Å². The quantitative estimate of drug-likeness (QED) is 0.702. The Morgan fingerprint density at radius 2 is 1.91 bits per heavy atom. The first kappa shape index (κ1) is 14.3. The lowest BCUT2D eigenvalue weighted by Crippen LogP contribution is -2.49. The second kappa shape index (κ2) is 4.86. The molecule has 1 aromatic carbocycles. The normalized spacial score (nSPS) is 34.5. The topological polar surface area (TPSA) is 62.2 Å². The first-order chi connectivity index (χ1) is 10.2. The SMILES string of the molecule is Cl.OC1C=C2CCN3Cc4cc5c(cc4[C@H](C1O)[C@@H]23)OCO5. The molecule has 4 aliphatic rings. The number of aliphatic hydroxyl groups is 2. The number of rotatable bonds is 0. The van der Waals surface area contributed by atoms with E-state index in [1.807, 2.05) is 18.2 Å². The molecule has 0 radical (unpaired) electrons. The molecule has 5 rings (SSSR count). The predicted molar refractivity (Wildman–Crippen MR) is 81.5 cm³/mol. The van der Waals surface area contributed by atoms with E-state index in [1.165, 1.54) is 11.1 Å². The summed E-state index contributed by atoms with van der Waals surface area (Å²) in [5.41, 5.74) is 3.54. The van der Waals surface area contributed by atoms with Gasteiger partial charge in [0.1, 0.15) is 0 Å². The van der Waals surface area contributed by atoms with Crippen molar-refractivity contribution in [2.24, 2.45) is 0 Å². The number of hydrogen-bond acceptors (Lipinski definition) is 5. The van der Waals surface area contributed by atoms with Crippen LogP contribution >= 0.6 is 12.4 Å². The summed E-state index contributed by atoms with van der Waals surface area (Å²) in [6, 6.07) is 4.25. The van der Waals surface area contributed by atoms with E-state index < -0.39 is 12.2 Å². The molecular weight excluding hydrogens is 306 g/mol. The Labute approximate surface area is 134 Å². The second-order valence-electron chi connectivity index (χ2n) is 6.32. The highest BCUT2D eigenvalue weighted by Crippen LogP contribution is 2.49. The fraction of sp³-hybridized carbons (Fsp3) is 0.500. The number of fused-ring (bicyclic) bond motifs is 3. The number of ether oxygens (including phenoxy) is 2. The lowest BCUT2D eigenvalue weighted by atomic mass is 9.73. The van der Waals surface area contributed by atoms with Crippen LogP contribution in [0.5, 0.6) is 11.5 Å². The molecule has 5 nitrogen and oxygen atoms in total. The smallest absolute Gasteiger partial charge is 0.231 e. The fourth-order valence-corrected chi connectivity index (χ4v) is 4.35. The Morgan fingerprint density at radius 1 is 1.14 bits per heavy atom. The molecule has 0 bridgehead atoms. The van der Waals surface area contributed by atoms with E-state index in [-0.39, 0.29) is 31.2 Å². The molecule has 6 heteroatoms. The van der Waals surface area contributed by atoms with Crippen molar-refractivity contribution in [3.8, 4) is 11.5 Å². The van der Waals surface area contributed by atoms with Gasteiger partial charge in [-0.1, -0.05) is 11.6 Å². The molecule has 0 amide bonds. The van der Waals surface area contributed by atoms with Crippen molar-refractivity contribution >= 4 is 12.4 Å². The molecule has 118 valence electrons. The van der Waals surface area contributed by atoms with Crippen molar-refractivity contribution in [3.63, 3.8) is 0 Å². The Balaban J connectivity index is 0.00000125. The Kier molecular flexibility index (Phi) is 3.17. The van der Waals surface area contributed by atoms with Gasteiger partial charge in [-0.05, 0) is 29.7 Å². The first-order valence-electron chi connectivity index (χ1n) is 7.45. The van der Waals surface area contributed by atoms with Crippen LogP contribution in [-0.2, 0) is 6.54 Å². The zero-order valence-corrected chi connectivity index (χ0v) is 12.8. The first-order valence-corrected chi connectivity index (χ1v) is 7.45. The van der Waals surface area contributed by atoms with Crippen molar-refractivity contribution in [3.05, 3.63) is 34.9 Å². The van der Waals surface area contributed by atoms with E-state index >= 15 is 0 Å². The molecule has 0 saturated carbocycles. The van der Waals surface area contributed by atoms with Gasteiger partial charge in [0, 0.05) is 25.0 Å². The number of aliphatic hydroxyl groups excluding tert-OH is 2. The van der Waals surface area contributed by atoms with E-state index in [2.05, 4.69) is 4.90 Å². The predicted octanol–water partition coefficient (Wildman–Crippen LogP) is 1.17. The molecule has 22 heavy (non-hydrogen) atoms. The largest absolute Gasteiger partial charge is 0.454 e. The number of halogens is 1. The van der Waals surface area contributed by atoms with Gasteiger partial charge in [0.2, 0.25) is 6.79 Å². The van der Waals surface area contributed by atoms with Crippen molar-refractivity contribution in [2.45, 2.75) is 37.1 Å². The van der Waals surface area contributed by atoms with Gasteiger partial charge < -0.3 is 19.7 Å². The van der Waals surface area contributed by atoms with Gasteiger partial charge in [-0.2, -0.15) is 0 Å². The van der Waals surface area contributed by atoms with E-state index in [0.717, 1.165) is 36.6 Å². The molecule has 4 atom stereocenters. The molecule has 1 aliphatic carbocycles. The van der Waals surface area contributed by atoms with Crippen LogP contribution in [0, 0.1) is 0 Å². The number of hydrogen-bond donors (Lipinski definition) is 2. The maximum absolute atomic E-state index is 10.5. The summed E-state index contributed by atoms with van der Waals surface area (Å²) in [5, 5.41) is 20.7. The third-order valence-corrected chi connectivity index (χ3v) is 5.27. The summed E-state index contributed by atoms with van der Waals surface area (Å²) >= 11 is 0. The molecule has 0 spiro atoms.